The molecule has 1 heterocycles. The maximum absolute atomic E-state index is 12.6. The molecule has 1 aliphatic heterocycles. The average Bonchev–Trinajstić information content (AvgIpc) is 3.08. The molecule has 0 aromatic carbocycles. The summed E-state index contributed by atoms with van der Waals surface area (Å²) in [5, 5.41) is 2.80. The van der Waals surface area contributed by atoms with Gasteiger partial charge in [0.25, 0.3) is 0 Å². The van der Waals surface area contributed by atoms with Crippen molar-refractivity contribution < 1.29 is 13.2 Å². The summed E-state index contributed by atoms with van der Waals surface area (Å²) in [6, 6.07) is -0.531. The van der Waals surface area contributed by atoms with Gasteiger partial charge in [-0.25, -0.2) is 8.42 Å². The summed E-state index contributed by atoms with van der Waals surface area (Å²) >= 11 is 0. The molecule has 25 heavy (non-hydrogen) atoms. The summed E-state index contributed by atoms with van der Waals surface area (Å²) in [7, 11) is -3.34. The highest BCUT2D eigenvalue weighted by Crippen LogP contribution is 2.22. The number of unbranched alkanes of at least 4 members (excludes halogenated alkanes) is 7. The first-order valence-corrected chi connectivity index (χ1v) is 11.6. The molecule has 1 fully saturated rings. The van der Waals surface area contributed by atoms with Crippen LogP contribution in [0.5, 0.6) is 0 Å². The molecule has 1 saturated heterocycles. The lowest BCUT2D eigenvalue weighted by Crippen LogP contribution is -2.46. The number of hydrogen-bond acceptors (Lipinski definition) is 4. The molecule has 1 rings (SSSR count). The molecule has 0 unspecified atom stereocenters. The van der Waals surface area contributed by atoms with Crippen molar-refractivity contribution in [2.24, 2.45) is 5.73 Å². The molecular formula is C18H37N3O3S. The maximum atomic E-state index is 12.6. The standard InChI is InChI=1S/C18H37N3O3S/c1-2-3-4-5-6-7-8-9-16-25(23,24)21-15-10-12-17(21)18(22)20-14-11-13-19/h17H,2-16,19H2,1H3,(H,20,22)/t17-/m1/s1. The molecule has 0 saturated carbocycles. The Bertz CT molecular complexity index is 468. The van der Waals surface area contributed by atoms with Gasteiger partial charge in [0.2, 0.25) is 15.9 Å². The van der Waals surface area contributed by atoms with Crippen molar-refractivity contribution in [3.8, 4) is 0 Å². The highest BCUT2D eigenvalue weighted by molar-refractivity contribution is 7.89. The largest absolute Gasteiger partial charge is 0.355 e. The predicted octanol–water partition coefficient (Wildman–Crippen LogP) is 2.39. The summed E-state index contributed by atoms with van der Waals surface area (Å²) in [4.78, 5) is 12.2. The van der Waals surface area contributed by atoms with Crippen LogP contribution < -0.4 is 11.1 Å². The maximum Gasteiger partial charge on any atom is 0.238 e. The third-order valence-corrected chi connectivity index (χ3v) is 6.76. The number of carbonyl (C=O) groups excluding carboxylic acids is 1. The SMILES string of the molecule is CCCCCCCCCCS(=O)(=O)N1CCC[C@@H]1C(=O)NCCCN. The third-order valence-electron chi connectivity index (χ3n) is 4.80. The molecule has 1 atom stereocenters. The number of amides is 1. The van der Waals surface area contributed by atoms with Crippen LogP contribution in [-0.4, -0.2) is 50.1 Å². The molecule has 0 spiro atoms. The first-order valence-electron chi connectivity index (χ1n) is 10.00. The van der Waals surface area contributed by atoms with E-state index >= 15 is 0 Å². The van der Waals surface area contributed by atoms with E-state index in [2.05, 4.69) is 12.2 Å². The van der Waals surface area contributed by atoms with Crippen LogP contribution in [0.1, 0.15) is 77.6 Å². The molecule has 0 aliphatic carbocycles. The van der Waals surface area contributed by atoms with Gasteiger partial charge in [-0.2, -0.15) is 4.31 Å². The second-order valence-corrected chi connectivity index (χ2v) is 9.03. The van der Waals surface area contributed by atoms with E-state index in [1.807, 2.05) is 0 Å². The Hall–Kier alpha value is -0.660. The van der Waals surface area contributed by atoms with Gasteiger partial charge in [-0.05, 0) is 32.2 Å². The highest BCUT2D eigenvalue weighted by atomic mass is 32.2. The quantitative estimate of drug-likeness (QED) is 0.456. The fourth-order valence-electron chi connectivity index (χ4n) is 3.30. The van der Waals surface area contributed by atoms with E-state index in [4.69, 9.17) is 5.73 Å². The minimum absolute atomic E-state index is 0.161. The van der Waals surface area contributed by atoms with Crippen LogP contribution in [-0.2, 0) is 14.8 Å². The van der Waals surface area contributed by atoms with Crippen molar-refractivity contribution in [1.82, 2.24) is 9.62 Å². The number of hydrogen-bond donors (Lipinski definition) is 2. The van der Waals surface area contributed by atoms with Gasteiger partial charge in [-0.15, -0.1) is 0 Å². The average molecular weight is 376 g/mol. The van der Waals surface area contributed by atoms with E-state index in [1.165, 1.54) is 36.4 Å². The Balaban J connectivity index is 2.31. The fourth-order valence-corrected chi connectivity index (χ4v) is 5.10. The fraction of sp³-hybridized carbons (Fsp3) is 0.944. The summed E-state index contributed by atoms with van der Waals surface area (Å²) in [5.74, 6) is -0.0143. The number of nitrogens with zero attached hydrogens (tertiary/aromatic N) is 1. The zero-order valence-corrected chi connectivity index (χ0v) is 16.7. The lowest BCUT2D eigenvalue weighted by Gasteiger charge is -2.23. The molecule has 3 N–H and O–H groups in total. The lowest BCUT2D eigenvalue weighted by atomic mass is 10.1. The van der Waals surface area contributed by atoms with E-state index in [0.29, 0.717) is 38.9 Å². The van der Waals surface area contributed by atoms with Crippen molar-refractivity contribution in [1.29, 1.82) is 0 Å². The third kappa shape index (κ3) is 8.51. The number of nitrogens with two attached hydrogens (primary N) is 1. The predicted molar refractivity (Wildman–Crippen MR) is 103 cm³/mol. The van der Waals surface area contributed by atoms with Crippen LogP contribution in [0.3, 0.4) is 0 Å². The first-order chi connectivity index (χ1) is 12.0. The number of nitrogens with one attached hydrogen (secondary N) is 1. The summed E-state index contributed by atoms with van der Waals surface area (Å²) in [6.45, 7) is 3.70. The van der Waals surface area contributed by atoms with Gasteiger partial charge in [-0.1, -0.05) is 51.9 Å². The molecule has 1 aliphatic rings. The summed E-state index contributed by atoms with van der Waals surface area (Å²) in [6.07, 6.45) is 11.1. The van der Waals surface area contributed by atoms with E-state index < -0.39 is 16.1 Å². The molecule has 6 nitrogen and oxygen atoms in total. The van der Waals surface area contributed by atoms with Crippen LogP contribution in [0.4, 0.5) is 0 Å². The van der Waals surface area contributed by atoms with Gasteiger partial charge in [0.1, 0.15) is 6.04 Å². The molecule has 0 bridgehead atoms. The smallest absolute Gasteiger partial charge is 0.238 e. The van der Waals surface area contributed by atoms with Crippen molar-refractivity contribution in [3.63, 3.8) is 0 Å². The van der Waals surface area contributed by atoms with E-state index in [1.54, 1.807) is 0 Å². The number of sulfonamides is 1. The summed E-state index contributed by atoms with van der Waals surface area (Å²) in [5.41, 5.74) is 5.42. The topological polar surface area (TPSA) is 92.5 Å². The molecule has 0 aromatic rings. The monoisotopic (exact) mass is 375 g/mol. The molecule has 148 valence electrons. The van der Waals surface area contributed by atoms with Gasteiger partial charge < -0.3 is 11.1 Å². The van der Waals surface area contributed by atoms with Gasteiger partial charge in [-0.3, -0.25) is 4.79 Å². The number of carbonyl (C=O) groups is 1. The van der Waals surface area contributed by atoms with Crippen molar-refractivity contribution in [3.05, 3.63) is 0 Å². The van der Waals surface area contributed by atoms with Crippen LogP contribution in [0.15, 0.2) is 0 Å². The Morgan fingerprint density at radius 1 is 1.08 bits per heavy atom. The van der Waals surface area contributed by atoms with E-state index in [0.717, 1.165) is 19.3 Å². The molecule has 0 radical (unpaired) electrons. The van der Waals surface area contributed by atoms with Crippen LogP contribution in [0.2, 0.25) is 0 Å². The van der Waals surface area contributed by atoms with Gasteiger partial charge in [0.15, 0.2) is 0 Å². The zero-order valence-electron chi connectivity index (χ0n) is 15.8. The van der Waals surface area contributed by atoms with E-state index in [9.17, 15) is 13.2 Å². The van der Waals surface area contributed by atoms with Crippen molar-refractivity contribution in [2.75, 3.05) is 25.4 Å². The Morgan fingerprint density at radius 2 is 1.72 bits per heavy atom. The van der Waals surface area contributed by atoms with Crippen molar-refractivity contribution in [2.45, 2.75) is 83.6 Å². The molecule has 0 aromatic heterocycles. The van der Waals surface area contributed by atoms with Crippen LogP contribution >= 0.6 is 0 Å². The minimum atomic E-state index is -3.34. The Kier molecular flexibility index (Phi) is 11.3. The zero-order chi connectivity index (χ0) is 18.5. The van der Waals surface area contributed by atoms with Gasteiger partial charge >= 0.3 is 0 Å². The lowest BCUT2D eigenvalue weighted by molar-refractivity contribution is -0.124. The van der Waals surface area contributed by atoms with E-state index in [-0.39, 0.29) is 11.7 Å². The van der Waals surface area contributed by atoms with Crippen molar-refractivity contribution >= 4 is 15.9 Å². The normalized spacial score (nSPS) is 18.6. The number of rotatable bonds is 14. The minimum Gasteiger partial charge on any atom is -0.355 e. The van der Waals surface area contributed by atoms with Crippen LogP contribution in [0, 0.1) is 0 Å². The van der Waals surface area contributed by atoms with Gasteiger partial charge in [0.05, 0.1) is 5.75 Å². The first kappa shape index (κ1) is 22.4. The second-order valence-electron chi connectivity index (χ2n) is 6.99. The van der Waals surface area contributed by atoms with Crippen LogP contribution in [0.25, 0.3) is 0 Å². The Morgan fingerprint density at radius 3 is 2.36 bits per heavy atom. The highest BCUT2D eigenvalue weighted by Gasteiger charge is 2.37. The van der Waals surface area contributed by atoms with Gasteiger partial charge in [0, 0.05) is 13.1 Å². The Labute approximate surface area is 154 Å². The summed E-state index contributed by atoms with van der Waals surface area (Å²) < 4.78 is 26.6. The molecular weight excluding hydrogens is 338 g/mol. The second kappa shape index (κ2) is 12.7. The molecule has 7 heteroatoms. The molecule has 1 amide bonds.